The van der Waals surface area contributed by atoms with E-state index in [1.165, 1.54) is 12.8 Å². The Morgan fingerprint density at radius 3 is 2.30 bits per heavy atom. The van der Waals surface area contributed by atoms with Gasteiger partial charge in [0, 0.05) is 32.3 Å². The lowest BCUT2D eigenvalue weighted by atomic mass is 9.84. The monoisotopic (exact) mass is 288 g/mol. The average molecular weight is 288 g/mol. The Bertz CT molecular complexity index is 253. The summed E-state index contributed by atoms with van der Waals surface area (Å²) < 4.78 is 4.99. The highest BCUT2D eigenvalue weighted by atomic mass is 16.5. The van der Waals surface area contributed by atoms with Crippen molar-refractivity contribution in [3.8, 4) is 0 Å². The summed E-state index contributed by atoms with van der Waals surface area (Å²) in [6.45, 7) is 14.2. The van der Waals surface area contributed by atoms with Crippen molar-refractivity contribution < 1.29 is 9.84 Å². The van der Waals surface area contributed by atoms with Crippen LogP contribution in [0.3, 0.4) is 0 Å². The van der Waals surface area contributed by atoms with E-state index in [4.69, 9.17) is 4.74 Å². The van der Waals surface area contributed by atoms with Crippen LogP contribution in [0.2, 0.25) is 0 Å². The minimum absolute atomic E-state index is 0.142. The van der Waals surface area contributed by atoms with Crippen LogP contribution in [0, 0.1) is 5.41 Å². The molecule has 0 saturated carbocycles. The van der Waals surface area contributed by atoms with Crippen LogP contribution in [-0.2, 0) is 4.74 Å². The molecule has 20 heavy (non-hydrogen) atoms. The van der Waals surface area contributed by atoms with Crippen LogP contribution in [0.15, 0.2) is 0 Å². The van der Waals surface area contributed by atoms with Gasteiger partial charge in [-0.1, -0.05) is 20.3 Å². The number of rotatable bonds is 10. The van der Waals surface area contributed by atoms with E-state index in [2.05, 4.69) is 51.9 Å². The molecule has 0 bridgehead atoms. The van der Waals surface area contributed by atoms with Crippen LogP contribution in [0.25, 0.3) is 0 Å². The summed E-state index contributed by atoms with van der Waals surface area (Å²) >= 11 is 0. The number of likely N-dealkylation sites (N-methyl/N-ethyl adjacent to an activating group) is 1. The Morgan fingerprint density at radius 1 is 1.25 bits per heavy atom. The lowest BCUT2D eigenvalue weighted by molar-refractivity contribution is 0.0332. The van der Waals surface area contributed by atoms with Gasteiger partial charge in [0.25, 0.3) is 0 Å². The zero-order chi connectivity index (χ0) is 15.8. The first-order valence-corrected chi connectivity index (χ1v) is 7.72. The third kappa shape index (κ3) is 9.70. The maximum Gasteiger partial charge on any atom is 0.0899 e. The van der Waals surface area contributed by atoms with Crippen LogP contribution in [0.5, 0.6) is 0 Å². The van der Waals surface area contributed by atoms with E-state index in [0.29, 0.717) is 13.2 Å². The lowest BCUT2D eigenvalue weighted by Crippen LogP contribution is -2.48. The van der Waals surface area contributed by atoms with Crippen LogP contribution >= 0.6 is 0 Å². The van der Waals surface area contributed by atoms with Gasteiger partial charge in [-0.15, -0.1) is 0 Å². The van der Waals surface area contributed by atoms with Crippen LogP contribution in [-0.4, -0.2) is 62.0 Å². The molecule has 122 valence electrons. The van der Waals surface area contributed by atoms with Gasteiger partial charge in [0.1, 0.15) is 0 Å². The largest absolute Gasteiger partial charge is 0.389 e. The molecule has 2 unspecified atom stereocenters. The maximum absolute atomic E-state index is 9.82. The van der Waals surface area contributed by atoms with Crippen molar-refractivity contribution in [2.24, 2.45) is 5.41 Å². The zero-order valence-corrected chi connectivity index (χ0v) is 14.6. The lowest BCUT2D eigenvalue weighted by Gasteiger charge is -2.37. The van der Waals surface area contributed by atoms with E-state index >= 15 is 0 Å². The van der Waals surface area contributed by atoms with Gasteiger partial charge in [0.15, 0.2) is 0 Å². The average Bonchev–Trinajstić information content (AvgIpc) is 2.25. The smallest absolute Gasteiger partial charge is 0.0899 e. The van der Waals surface area contributed by atoms with Gasteiger partial charge < -0.3 is 20.1 Å². The molecular weight excluding hydrogens is 252 g/mol. The zero-order valence-electron chi connectivity index (χ0n) is 14.6. The molecule has 0 aromatic rings. The third-order valence-electron chi connectivity index (χ3n) is 3.43. The first-order chi connectivity index (χ1) is 9.12. The number of ether oxygens (including phenoxy) is 1. The molecule has 0 amide bonds. The van der Waals surface area contributed by atoms with Gasteiger partial charge in [0.05, 0.1) is 12.7 Å². The molecule has 2 atom stereocenters. The molecule has 4 nitrogen and oxygen atoms in total. The molecule has 0 aromatic heterocycles. The van der Waals surface area contributed by atoms with Crippen molar-refractivity contribution in [1.29, 1.82) is 0 Å². The fourth-order valence-corrected chi connectivity index (χ4v) is 2.63. The Morgan fingerprint density at radius 2 is 1.85 bits per heavy atom. The van der Waals surface area contributed by atoms with Gasteiger partial charge in [-0.2, -0.15) is 0 Å². The quantitative estimate of drug-likeness (QED) is 0.646. The highest BCUT2D eigenvalue weighted by Gasteiger charge is 2.27. The first kappa shape index (κ1) is 19.8. The van der Waals surface area contributed by atoms with Crippen LogP contribution in [0.4, 0.5) is 0 Å². The van der Waals surface area contributed by atoms with Crippen LogP contribution in [0.1, 0.15) is 47.5 Å². The predicted octanol–water partition coefficient (Wildman–Crippen LogP) is 2.12. The molecule has 0 rings (SSSR count). The van der Waals surface area contributed by atoms with E-state index in [9.17, 15) is 5.11 Å². The number of hydrogen-bond donors (Lipinski definition) is 2. The van der Waals surface area contributed by atoms with Crippen molar-refractivity contribution in [2.75, 3.05) is 40.4 Å². The molecule has 0 saturated heterocycles. The molecule has 4 heteroatoms. The summed E-state index contributed by atoms with van der Waals surface area (Å²) in [6, 6.07) is 0. The fourth-order valence-electron chi connectivity index (χ4n) is 2.63. The molecule has 0 radical (unpaired) electrons. The number of hydrogen-bond acceptors (Lipinski definition) is 4. The summed E-state index contributed by atoms with van der Waals surface area (Å²) in [5.74, 6) is 0. The normalized spacial score (nSPS) is 17.2. The van der Waals surface area contributed by atoms with Crippen LogP contribution < -0.4 is 5.32 Å². The van der Waals surface area contributed by atoms with Gasteiger partial charge in [0.2, 0.25) is 0 Å². The van der Waals surface area contributed by atoms with Crippen molar-refractivity contribution in [2.45, 2.75) is 59.1 Å². The van der Waals surface area contributed by atoms with Gasteiger partial charge in [-0.05, 0) is 39.7 Å². The number of nitrogens with one attached hydrogen (secondary N) is 1. The molecular formula is C16H36N2O2. The molecule has 0 spiro atoms. The second-order valence-corrected chi connectivity index (χ2v) is 7.47. The van der Waals surface area contributed by atoms with E-state index in [1.54, 1.807) is 7.11 Å². The van der Waals surface area contributed by atoms with Gasteiger partial charge in [-0.25, -0.2) is 0 Å². The highest BCUT2D eigenvalue weighted by Crippen LogP contribution is 2.24. The Hall–Kier alpha value is -0.160. The molecule has 2 N–H and O–H groups in total. The van der Waals surface area contributed by atoms with E-state index in [-0.39, 0.29) is 11.0 Å². The summed E-state index contributed by atoms with van der Waals surface area (Å²) in [7, 11) is 3.70. The Balaban J connectivity index is 4.42. The van der Waals surface area contributed by atoms with Crippen molar-refractivity contribution in [3.63, 3.8) is 0 Å². The minimum Gasteiger partial charge on any atom is -0.389 e. The van der Waals surface area contributed by atoms with Crippen molar-refractivity contribution >= 4 is 0 Å². The fraction of sp³-hybridized carbons (Fsp3) is 1.00. The number of aliphatic hydroxyl groups is 1. The Labute approximate surface area is 125 Å². The third-order valence-corrected chi connectivity index (χ3v) is 3.43. The summed E-state index contributed by atoms with van der Waals surface area (Å²) in [6.07, 6.45) is 1.95. The molecule has 0 aliphatic heterocycles. The molecule has 0 aliphatic rings. The SMILES string of the molecule is CCCC(C)(CNC(C)(C)C)CN(C)CC(O)COC. The van der Waals surface area contributed by atoms with E-state index in [0.717, 1.165) is 13.1 Å². The van der Waals surface area contributed by atoms with Crippen molar-refractivity contribution in [3.05, 3.63) is 0 Å². The van der Waals surface area contributed by atoms with Gasteiger partial charge >= 0.3 is 0 Å². The van der Waals surface area contributed by atoms with Gasteiger partial charge in [-0.3, -0.25) is 0 Å². The first-order valence-electron chi connectivity index (χ1n) is 7.72. The summed E-state index contributed by atoms with van der Waals surface area (Å²) in [4.78, 5) is 2.21. The number of methoxy groups -OCH3 is 1. The second-order valence-electron chi connectivity index (χ2n) is 7.47. The molecule has 0 aliphatic carbocycles. The standard InChI is InChI=1S/C16H36N2O2/c1-8-9-16(5,12-17-15(2,3)4)13-18(6)10-14(19)11-20-7/h14,17,19H,8-13H2,1-7H3. The maximum atomic E-state index is 9.82. The summed E-state index contributed by atoms with van der Waals surface area (Å²) in [5.41, 5.74) is 0.368. The number of aliphatic hydroxyl groups excluding tert-OH is 1. The summed E-state index contributed by atoms with van der Waals surface area (Å²) in [5, 5.41) is 13.4. The molecule has 0 fully saturated rings. The molecule has 0 aromatic carbocycles. The minimum atomic E-state index is -0.411. The van der Waals surface area contributed by atoms with E-state index in [1.807, 2.05) is 0 Å². The predicted molar refractivity (Wildman–Crippen MR) is 86.2 cm³/mol. The second kappa shape index (κ2) is 8.98. The number of nitrogens with zero attached hydrogens (tertiary/aromatic N) is 1. The topological polar surface area (TPSA) is 44.7 Å². The van der Waals surface area contributed by atoms with E-state index < -0.39 is 6.10 Å². The Kier molecular flexibility index (Phi) is 8.91. The van der Waals surface area contributed by atoms with Crippen molar-refractivity contribution in [1.82, 2.24) is 10.2 Å². The molecule has 0 heterocycles. The highest BCUT2D eigenvalue weighted by molar-refractivity contribution is 4.84.